The van der Waals surface area contributed by atoms with Gasteiger partial charge in [-0.3, -0.25) is 9.59 Å². The van der Waals surface area contributed by atoms with Gasteiger partial charge in [0.15, 0.2) is 0 Å². The van der Waals surface area contributed by atoms with E-state index in [1.54, 1.807) is 0 Å². The number of rotatable bonds is 12. The van der Waals surface area contributed by atoms with Gasteiger partial charge < -0.3 is 9.47 Å². The van der Waals surface area contributed by atoms with Gasteiger partial charge in [-0.1, -0.05) is 20.8 Å². The van der Waals surface area contributed by atoms with E-state index in [1.807, 2.05) is 27.7 Å². The van der Waals surface area contributed by atoms with E-state index in [0.717, 1.165) is 44.9 Å². The summed E-state index contributed by atoms with van der Waals surface area (Å²) in [5.41, 5.74) is 0. The van der Waals surface area contributed by atoms with Crippen LogP contribution in [0.4, 0.5) is 0 Å². The summed E-state index contributed by atoms with van der Waals surface area (Å²) in [4.78, 5) is 22.8. The van der Waals surface area contributed by atoms with Gasteiger partial charge in [0.1, 0.15) is 6.10 Å². The van der Waals surface area contributed by atoms with E-state index < -0.39 is 0 Å². The van der Waals surface area contributed by atoms with Gasteiger partial charge in [0.2, 0.25) is 0 Å². The summed E-state index contributed by atoms with van der Waals surface area (Å²) in [7, 11) is 0. The summed E-state index contributed by atoms with van der Waals surface area (Å²) in [6.07, 6.45) is 7.26. The van der Waals surface area contributed by atoms with Crippen LogP contribution in [-0.2, 0) is 19.1 Å². The quantitative estimate of drug-likeness (QED) is 0.396. The third-order valence-corrected chi connectivity index (χ3v) is 3.38. The molecule has 0 aliphatic carbocycles. The Bertz CT molecular complexity index is 289. The molecule has 0 aliphatic rings. The smallest absolute Gasteiger partial charge is 0.306 e. The molecule has 0 spiro atoms. The second-order valence-electron chi connectivity index (χ2n) is 5.61. The molecule has 0 aliphatic heterocycles. The van der Waals surface area contributed by atoms with Crippen molar-refractivity contribution >= 4 is 11.9 Å². The normalized spacial score (nSPS) is 13.5. The molecule has 21 heavy (non-hydrogen) atoms. The number of esters is 2. The Kier molecular flexibility index (Phi) is 12.0. The maximum atomic E-state index is 11.5. The largest absolute Gasteiger partial charge is 0.463 e. The lowest BCUT2D eigenvalue weighted by Gasteiger charge is -2.17. The molecule has 0 rings (SSSR count). The fraction of sp³-hybridized carbons (Fsp3) is 0.882. The van der Waals surface area contributed by atoms with Gasteiger partial charge in [0, 0.05) is 12.8 Å². The maximum absolute atomic E-state index is 11.5. The van der Waals surface area contributed by atoms with Crippen molar-refractivity contribution in [3.8, 4) is 0 Å². The summed E-state index contributed by atoms with van der Waals surface area (Å²) in [5.74, 6) is -0.198. The van der Waals surface area contributed by atoms with Gasteiger partial charge in [-0.25, -0.2) is 0 Å². The minimum Gasteiger partial charge on any atom is -0.463 e. The Morgan fingerprint density at radius 1 is 0.857 bits per heavy atom. The lowest BCUT2D eigenvalue weighted by Crippen LogP contribution is -2.18. The van der Waals surface area contributed by atoms with Gasteiger partial charge in [-0.05, 0) is 51.9 Å². The van der Waals surface area contributed by atoms with Crippen LogP contribution in [0.15, 0.2) is 0 Å². The Morgan fingerprint density at radius 3 is 1.90 bits per heavy atom. The van der Waals surface area contributed by atoms with Crippen LogP contribution in [-0.4, -0.2) is 24.1 Å². The molecule has 0 unspecified atom stereocenters. The molecule has 0 saturated heterocycles. The first-order valence-corrected chi connectivity index (χ1v) is 8.42. The fourth-order valence-corrected chi connectivity index (χ4v) is 2.15. The van der Waals surface area contributed by atoms with Crippen molar-refractivity contribution in [2.45, 2.75) is 97.7 Å². The first kappa shape index (κ1) is 19.9. The van der Waals surface area contributed by atoms with E-state index in [1.165, 1.54) is 0 Å². The second kappa shape index (κ2) is 12.7. The van der Waals surface area contributed by atoms with Crippen LogP contribution in [0.3, 0.4) is 0 Å². The molecule has 4 nitrogen and oxygen atoms in total. The average molecular weight is 300 g/mol. The number of carbonyl (C=O) groups is 2. The van der Waals surface area contributed by atoms with Crippen LogP contribution in [0.2, 0.25) is 0 Å². The molecule has 0 aromatic rings. The minimum atomic E-state index is -0.107. The molecule has 0 saturated carbocycles. The topological polar surface area (TPSA) is 52.6 Å². The second-order valence-corrected chi connectivity index (χ2v) is 5.61. The molecular weight excluding hydrogens is 268 g/mol. The zero-order chi connectivity index (χ0) is 16.1. The Morgan fingerprint density at radius 2 is 1.38 bits per heavy atom. The van der Waals surface area contributed by atoms with E-state index in [4.69, 9.17) is 9.47 Å². The molecule has 0 bridgehead atoms. The summed E-state index contributed by atoms with van der Waals surface area (Å²) in [6, 6.07) is 0. The summed E-state index contributed by atoms with van der Waals surface area (Å²) >= 11 is 0. The van der Waals surface area contributed by atoms with Gasteiger partial charge in [-0.2, -0.15) is 0 Å². The summed E-state index contributed by atoms with van der Waals surface area (Å²) in [6.45, 7) is 7.92. The van der Waals surface area contributed by atoms with Crippen molar-refractivity contribution < 1.29 is 19.1 Å². The van der Waals surface area contributed by atoms with E-state index in [9.17, 15) is 9.59 Å². The highest BCUT2D eigenvalue weighted by Gasteiger charge is 2.13. The van der Waals surface area contributed by atoms with Gasteiger partial charge in [-0.15, -0.1) is 0 Å². The van der Waals surface area contributed by atoms with E-state index >= 15 is 0 Å². The monoisotopic (exact) mass is 300 g/mol. The first-order valence-electron chi connectivity index (χ1n) is 8.42. The van der Waals surface area contributed by atoms with Crippen molar-refractivity contribution in [3.63, 3.8) is 0 Å². The zero-order valence-electron chi connectivity index (χ0n) is 14.2. The highest BCUT2D eigenvalue weighted by molar-refractivity contribution is 5.69. The standard InChI is InChI=1S/C17H32O4/c1-5-10-16(18)20-14(4)12-8-9-13-15(7-3)21-17(19)11-6-2/h14-15H,5-13H2,1-4H3/t14-,15+/m1/s1. The number of hydrogen-bond donors (Lipinski definition) is 0. The van der Waals surface area contributed by atoms with Crippen LogP contribution in [0, 0.1) is 0 Å². The van der Waals surface area contributed by atoms with Gasteiger partial charge in [0.25, 0.3) is 0 Å². The van der Waals surface area contributed by atoms with E-state index in [-0.39, 0.29) is 24.1 Å². The third kappa shape index (κ3) is 11.3. The molecule has 2 atom stereocenters. The SMILES string of the molecule is CCCC(=O)O[C@@H](CC)CCCC[C@@H](C)OC(=O)CCC. The molecule has 0 aromatic carbocycles. The number of unbranched alkanes of at least 4 members (excludes halogenated alkanes) is 1. The predicted molar refractivity (Wildman–Crippen MR) is 84.0 cm³/mol. The molecule has 0 aromatic heterocycles. The Hall–Kier alpha value is -1.06. The van der Waals surface area contributed by atoms with Crippen molar-refractivity contribution in [3.05, 3.63) is 0 Å². The lowest BCUT2D eigenvalue weighted by atomic mass is 10.1. The van der Waals surface area contributed by atoms with Crippen LogP contribution < -0.4 is 0 Å². The minimum absolute atomic E-state index is 0.0215. The van der Waals surface area contributed by atoms with Gasteiger partial charge >= 0.3 is 11.9 Å². The van der Waals surface area contributed by atoms with E-state index in [0.29, 0.717) is 12.8 Å². The molecule has 124 valence electrons. The molecule has 0 heterocycles. The van der Waals surface area contributed by atoms with E-state index in [2.05, 4.69) is 0 Å². The number of hydrogen-bond acceptors (Lipinski definition) is 4. The third-order valence-electron chi connectivity index (χ3n) is 3.38. The fourth-order valence-electron chi connectivity index (χ4n) is 2.15. The van der Waals surface area contributed by atoms with Gasteiger partial charge in [0.05, 0.1) is 6.10 Å². The van der Waals surface area contributed by atoms with Crippen molar-refractivity contribution in [1.82, 2.24) is 0 Å². The summed E-state index contributed by atoms with van der Waals surface area (Å²) < 4.78 is 10.7. The predicted octanol–water partition coefficient (Wildman–Crippen LogP) is 4.40. The average Bonchev–Trinajstić information content (AvgIpc) is 2.42. The molecule has 0 N–H and O–H groups in total. The Labute approximate surface area is 129 Å². The van der Waals surface area contributed by atoms with Crippen molar-refractivity contribution in [1.29, 1.82) is 0 Å². The zero-order valence-corrected chi connectivity index (χ0v) is 14.2. The van der Waals surface area contributed by atoms with Crippen molar-refractivity contribution in [2.24, 2.45) is 0 Å². The van der Waals surface area contributed by atoms with Crippen LogP contribution in [0.25, 0.3) is 0 Å². The van der Waals surface area contributed by atoms with Crippen LogP contribution in [0.5, 0.6) is 0 Å². The lowest BCUT2D eigenvalue weighted by molar-refractivity contribution is -0.150. The summed E-state index contributed by atoms with van der Waals surface area (Å²) in [5, 5.41) is 0. The highest BCUT2D eigenvalue weighted by Crippen LogP contribution is 2.13. The number of carbonyl (C=O) groups excluding carboxylic acids is 2. The molecule has 0 radical (unpaired) electrons. The molecule has 0 amide bonds. The number of ether oxygens (including phenoxy) is 2. The molecule has 4 heteroatoms. The van der Waals surface area contributed by atoms with Crippen molar-refractivity contribution in [2.75, 3.05) is 0 Å². The van der Waals surface area contributed by atoms with Crippen LogP contribution >= 0.6 is 0 Å². The molecule has 0 fully saturated rings. The Balaban J connectivity index is 3.75. The van der Waals surface area contributed by atoms with Crippen LogP contribution in [0.1, 0.15) is 85.5 Å². The highest BCUT2D eigenvalue weighted by atomic mass is 16.5. The maximum Gasteiger partial charge on any atom is 0.306 e. The molecular formula is C17H32O4. The first-order chi connectivity index (χ1) is 10.0.